The van der Waals surface area contributed by atoms with Crippen LogP contribution < -0.4 is 20.5 Å². The first-order valence-corrected chi connectivity index (χ1v) is 13.2. The Bertz CT molecular complexity index is 1360. The van der Waals surface area contributed by atoms with Crippen molar-refractivity contribution in [2.75, 3.05) is 6.61 Å². The lowest BCUT2D eigenvalue weighted by Gasteiger charge is -2.33. The molecule has 0 bridgehead atoms. The largest absolute Gasteiger partial charge is 0.490 e. The van der Waals surface area contributed by atoms with Gasteiger partial charge in [-0.25, -0.2) is 4.98 Å². The van der Waals surface area contributed by atoms with Gasteiger partial charge in [0.25, 0.3) is 5.91 Å². The molecule has 202 valence electrons. The van der Waals surface area contributed by atoms with Crippen molar-refractivity contribution < 1.29 is 24.2 Å². The number of carbonyl (C=O) groups is 2. The number of aromatic nitrogens is 3. The standard InChI is InChI=1S/C28H35N5O5/c1-16(2)38-24-11-21-20(10-22(24)26(29)35)23(13-30-27(21)37-15-18-4-5-25(34)32-18)17-12-31-33(14-17)19-6-8-28(3,36)9-7-19/h10-14,16,18-19,36H,4-9,15H2,1-3H3,(H2,29,35)(H,32,34)/t18-,19-,28-/m0/s1. The number of nitrogens with two attached hydrogens (primary N) is 1. The van der Waals surface area contributed by atoms with E-state index in [9.17, 15) is 14.7 Å². The predicted molar refractivity (Wildman–Crippen MR) is 142 cm³/mol. The number of aliphatic hydroxyl groups is 1. The van der Waals surface area contributed by atoms with E-state index in [-0.39, 0.29) is 36.3 Å². The fourth-order valence-corrected chi connectivity index (χ4v) is 5.28. The van der Waals surface area contributed by atoms with Crippen LogP contribution in [0.2, 0.25) is 0 Å². The first kappa shape index (κ1) is 26.0. The molecule has 1 aromatic carbocycles. The minimum Gasteiger partial charge on any atom is -0.490 e. The fraction of sp³-hybridized carbons (Fsp3) is 0.500. The molecular weight excluding hydrogens is 486 g/mol. The second-order valence-electron chi connectivity index (χ2n) is 11.0. The van der Waals surface area contributed by atoms with E-state index in [1.54, 1.807) is 24.5 Å². The van der Waals surface area contributed by atoms with Gasteiger partial charge in [-0.1, -0.05) is 0 Å². The summed E-state index contributed by atoms with van der Waals surface area (Å²) >= 11 is 0. The molecule has 3 heterocycles. The Kier molecular flexibility index (Phi) is 7.00. The molecule has 0 radical (unpaired) electrons. The van der Waals surface area contributed by atoms with Crippen LogP contribution in [0, 0.1) is 0 Å². The van der Waals surface area contributed by atoms with E-state index < -0.39 is 11.5 Å². The minimum absolute atomic E-state index is 0.0177. The predicted octanol–water partition coefficient (Wildman–Crippen LogP) is 3.51. The van der Waals surface area contributed by atoms with Crippen molar-refractivity contribution in [1.82, 2.24) is 20.1 Å². The van der Waals surface area contributed by atoms with Crippen LogP contribution in [0.1, 0.15) is 75.7 Å². The lowest BCUT2D eigenvalue weighted by atomic mass is 9.84. The van der Waals surface area contributed by atoms with Crippen molar-refractivity contribution in [3.05, 3.63) is 36.3 Å². The van der Waals surface area contributed by atoms with Crippen LogP contribution in [-0.4, -0.2) is 56.0 Å². The maximum Gasteiger partial charge on any atom is 0.252 e. The smallest absolute Gasteiger partial charge is 0.252 e. The Balaban J connectivity index is 1.54. The molecular formula is C28H35N5O5. The summed E-state index contributed by atoms with van der Waals surface area (Å²) in [7, 11) is 0. The van der Waals surface area contributed by atoms with Gasteiger partial charge in [-0.2, -0.15) is 5.10 Å². The number of primary amides is 1. The van der Waals surface area contributed by atoms with Gasteiger partial charge in [0.1, 0.15) is 12.4 Å². The van der Waals surface area contributed by atoms with Crippen LogP contribution in [-0.2, 0) is 4.79 Å². The molecule has 1 atom stereocenters. The van der Waals surface area contributed by atoms with Gasteiger partial charge in [-0.05, 0) is 70.4 Å². The first-order chi connectivity index (χ1) is 18.1. The highest BCUT2D eigenvalue weighted by Gasteiger charge is 2.30. The molecule has 1 aliphatic heterocycles. The van der Waals surface area contributed by atoms with Crippen molar-refractivity contribution in [2.45, 2.75) is 83.1 Å². The number of carbonyl (C=O) groups excluding carboxylic acids is 2. The monoisotopic (exact) mass is 521 g/mol. The Labute approximate surface area is 221 Å². The summed E-state index contributed by atoms with van der Waals surface area (Å²) in [6.45, 7) is 5.92. The number of benzene rings is 1. The molecule has 1 saturated carbocycles. The Hall–Kier alpha value is -3.66. The van der Waals surface area contributed by atoms with Crippen LogP contribution in [0.15, 0.2) is 30.7 Å². The zero-order valence-corrected chi connectivity index (χ0v) is 22.1. The van der Waals surface area contributed by atoms with E-state index in [1.165, 1.54) is 0 Å². The van der Waals surface area contributed by atoms with E-state index in [2.05, 4.69) is 15.4 Å². The molecule has 1 aliphatic carbocycles. The molecule has 3 aromatic rings. The second-order valence-corrected chi connectivity index (χ2v) is 11.0. The minimum atomic E-state index is -0.620. The van der Waals surface area contributed by atoms with E-state index in [1.807, 2.05) is 31.6 Å². The molecule has 1 saturated heterocycles. The average molecular weight is 522 g/mol. The molecule has 10 heteroatoms. The number of amides is 2. The maximum absolute atomic E-state index is 12.4. The SMILES string of the molecule is CC(C)Oc1cc2c(OC[C@@H]3CCC(=O)N3)ncc(-c3cnn([C@H]4CC[C@](C)(O)CC4)c3)c2cc1C(N)=O. The molecule has 2 aromatic heterocycles. The van der Waals surface area contributed by atoms with Crippen LogP contribution >= 0.6 is 0 Å². The van der Waals surface area contributed by atoms with Crippen LogP contribution in [0.3, 0.4) is 0 Å². The highest BCUT2D eigenvalue weighted by Crippen LogP contribution is 2.39. The molecule has 2 fully saturated rings. The van der Waals surface area contributed by atoms with Gasteiger partial charge in [0, 0.05) is 35.3 Å². The Morgan fingerprint density at radius 2 is 2.00 bits per heavy atom. The molecule has 4 N–H and O–H groups in total. The van der Waals surface area contributed by atoms with E-state index in [0.717, 1.165) is 42.2 Å². The van der Waals surface area contributed by atoms with Gasteiger partial charge in [-0.15, -0.1) is 0 Å². The molecule has 10 nitrogen and oxygen atoms in total. The number of ether oxygens (including phenoxy) is 2. The summed E-state index contributed by atoms with van der Waals surface area (Å²) in [4.78, 5) is 28.6. The number of nitrogens with one attached hydrogen (secondary N) is 1. The van der Waals surface area contributed by atoms with Crippen molar-refractivity contribution in [1.29, 1.82) is 0 Å². The number of pyridine rings is 1. The fourth-order valence-electron chi connectivity index (χ4n) is 5.28. The third kappa shape index (κ3) is 5.45. The summed E-state index contributed by atoms with van der Waals surface area (Å²) in [5, 5.41) is 19.3. The number of fused-ring (bicyclic) bond motifs is 1. The van der Waals surface area contributed by atoms with Crippen LogP contribution in [0.25, 0.3) is 21.9 Å². The van der Waals surface area contributed by atoms with Crippen molar-refractivity contribution in [2.24, 2.45) is 5.73 Å². The number of nitrogens with zero attached hydrogens (tertiary/aromatic N) is 3. The summed E-state index contributed by atoms with van der Waals surface area (Å²) in [6, 6.07) is 3.61. The van der Waals surface area contributed by atoms with E-state index in [0.29, 0.717) is 29.9 Å². The molecule has 2 aliphatic rings. The Morgan fingerprint density at radius 1 is 1.24 bits per heavy atom. The van der Waals surface area contributed by atoms with Crippen molar-refractivity contribution in [3.63, 3.8) is 0 Å². The molecule has 38 heavy (non-hydrogen) atoms. The zero-order valence-electron chi connectivity index (χ0n) is 22.1. The summed E-state index contributed by atoms with van der Waals surface area (Å²) in [6.07, 6.45) is 9.66. The number of rotatable bonds is 8. The normalized spacial score (nSPS) is 23.6. The zero-order chi connectivity index (χ0) is 27.0. The third-order valence-electron chi connectivity index (χ3n) is 7.40. The third-order valence-corrected chi connectivity index (χ3v) is 7.40. The first-order valence-electron chi connectivity index (χ1n) is 13.2. The summed E-state index contributed by atoms with van der Waals surface area (Å²) in [5.41, 5.74) is 7.03. The highest BCUT2D eigenvalue weighted by atomic mass is 16.5. The van der Waals surface area contributed by atoms with Crippen molar-refractivity contribution in [3.8, 4) is 22.8 Å². The highest BCUT2D eigenvalue weighted by molar-refractivity contribution is 6.06. The molecule has 5 rings (SSSR count). The summed E-state index contributed by atoms with van der Waals surface area (Å²) in [5.74, 6) is 0.176. The number of hydrogen-bond acceptors (Lipinski definition) is 7. The van der Waals surface area contributed by atoms with Gasteiger partial charge in [0.15, 0.2) is 0 Å². The van der Waals surface area contributed by atoms with Gasteiger partial charge < -0.3 is 25.6 Å². The van der Waals surface area contributed by atoms with Crippen molar-refractivity contribution >= 4 is 22.6 Å². The average Bonchev–Trinajstić information content (AvgIpc) is 3.51. The number of hydrogen-bond donors (Lipinski definition) is 3. The lowest BCUT2D eigenvalue weighted by Crippen LogP contribution is -2.31. The van der Waals surface area contributed by atoms with Gasteiger partial charge >= 0.3 is 0 Å². The topological polar surface area (TPSA) is 142 Å². The van der Waals surface area contributed by atoms with Gasteiger partial charge in [0.2, 0.25) is 11.8 Å². The molecule has 0 unspecified atom stereocenters. The Morgan fingerprint density at radius 3 is 2.66 bits per heavy atom. The van der Waals surface area contributed by atoms with Gasteiger partial charge in [-0.3, -0.25) is 14.3 Å². The van der Waals surface area contributed by atoms with Crippen LogP contribution in [0.5, 0.6) is 11.6 Å². The van der Waals surface area contributed by atoms with Crippen LogP contribution in [0.4, 0.5) is 0 Å². The summed E-state index contributed by atoms with van der Waals surface area (Å²) < 4.78 is 14.0. The van der Waals surface area contributed by atoms with Gasteiger partial charge in [0.05, 0.1) is 35.5 Å². The van der Waals surface area contributed by atoms with E-state index in [4.69, 9.17) is 15.2 Å². The quantitative estimate of drug-likeness (QED) is 0.412. The molecule has 0 spiro atoms. The lowest BCUT2D eigenvalue weighted by molar-refractivity contribution is -0.119. The maximum atomic E-state index is 12.4. The molecule has 2 amide bonds. The van der Waals surface area contributed by atoms with E-state index >= 15 is 0 Å². The second kappa shape index (κ2) is 10.2.